The first-order valence-electron chi connectivity index (χ1n) is 9.06. The predicted octanol–water partition coefficient (Wildman–Crippen LogP) is 3.16. The van der Waals surface area contributed by atoms with E-state index in [4.69, 9.17) is 0 Å². The van der Waals surface area contributed by atoms with Crippen LogP contribution in [0.25, 0.3) is 10.8 Å². The first-order valence-corrected chi connectivity index (χ1v) is 9.06. The molecule has 0 unspecified atom stereocenters. The predicted molar refractivity (Wildman–Crippen MR) is 103 cm³/mol. The number of aromatic nitrogens is 2. The average Bonchev–Trinajstić information content (AvgIpc) is 2.72. The Hall–Kier alpha value is -2.95. The Bertz CT molecular complexity index is 891. The average molecular weight is 346 g/mol. The van der Waals surface area contributed by atoms with Crippen molar-refractivity contribution in [3.63, 3.8) is 0 Å². The van der Waals surface area contributed by atoms with Crippen molar-refractivity contribution in [2.75, 3.05) is 18.0 Å². The topological polar surface area (TPSA) is 58.1 Å². The van der Waals surface area contributed by atoms with Crippen molar-refractivity contribution in [1.82, 2.24) is 15.3 Å². The normalized spacial score (nSPS) is 17.2. The fourth-order valence-electron chi connectivity index (χ4n) is 3.63. The molecule has 26 heavy (non-hydrogen) atoms. The molecule has 1 aliphatic heterocycles. The molecule has 1 fully saturated rings. The maximum absolute atomic E-state index is 12.7. The number of nitrogens with zero attached hydrogens (tertiary/aromatic N) is 3. The summed E-state index contributed by atoms with van der Waals surface area (Å²) in [6, 6.07) is 14.5. The third-order valence-corrected chi connectivity index (χ3v) is 5.00. The van der Waals surface area contributed by atoms with E-state index in [-0.39, 0.29) is 11.8 Å². The van der Waals surface area contributed by atoms with E-state index in [1.54, 1.807) is 18.6 Å². The van der Waals surface area contributed by atoms with Gasteiger partial charge in [0.25, 0.3) is 0 Å². The van der Waals surface area contributed by atoms with Crippen molar-refractivity contribution in [3.05, 3.63) is 66.6 Å². The molecule has 1 N–H and O–H groups in total. The van der Waals surface area contributed by atoms with Crippen LogP contribution >= 0.6 is 0 Å². The highest BCUT2D eigenvalue weighted by Gasteiger charge is 2.26. The van der Waals surface area contributed by atoms with Gasteiger partial charge in [-0.2, -0.15) is 0 Å². The number of anilines is 1. The van der Waals surface area contributed by atoms with Crippen LogP contribution in [0.1, 0.15) is 18.4 Å². The molecule has 2 heterocycles. The Morgan fingerprint density at radius 1 is 1.15 bits per heavy atom. The Morgan fingerprint density at radius 3 is 2.92 bits per heavy atom. The molecule has 5 heteroatoms. The van der Waals surface area contributed by atoms with Gasteiger partial charge in [0.15, 0.2) is 0 Å². The summed E-state index contributed by atoms with van der Waals surface area (Å²) in [6.45, 7) is 2.17. The molecule has 0 spiro atoms. The van der Waals surface area contributed by atoms with Gasteiger partial charge in [-0.15, -0.1) is 0 Å². The van der Waals surface area contributed by atoms with Gasteiger partial charge < -0.3 is 10.2 Å². The highest BCUT2D eigenvalue weighted by molar-refractivity contribution is 5.86. The van der Waals surface area contributed by atoms with Crippen LogP contribution in [0, 0.1) is 5.92 Å². The van der Waals surface area contributed by atoms with Crippen molar-refractivity contribution in [1.29, 1.82) is 0 Å². The van der Waals surface area contributed by atoms with Crippen molar-refractivity contribution < 1.29 is 4.79 Å². The summed E-state index contributed by atoms with van der Waals surface area (Å²) in [5.74, 6) is 0.950. The smallest absolute Gasteiger partial charge is 0.225 e. The van der Waals surface area contributed by atoms with Gasteiger partial charge in [0.2, 0.25) is 5.91 Å². The third-order valence-electron chi connectivity index (χ3n) is 5.00. The fraction of sp³-hybridized carbons (Fsp3) is 0.286. The second-order valence-corrected chi connectivity index (χ2v) is 6.70. The van der Waals surface area contributed by atoms with E-state index in [2.05, 4.69) is 44.5 Å². The van der Waals surface area contributed by atoms with Crippen molar-refractivity contribution in [2.45, 2.75) is 19.4 Å². The molecule has 0 radical (unpaired) electrons. The molecule has 1 aliphatic rings. The maximum Gasteiger partial charge on any atom is 0.225 e. The van der Waals surface area contributed by atoms with Crippen molar-refractivity contribution in [2.24, 2.45) is 5.92 Å². The zero-order valence-corrected chi connectivity index (χ0v) is 14.6. The minimum atomic E-state index is -0.0132. The standard InChI is InChI=1S/C21H22N4O/c26-21(18-8-4-12-25(15-18)20-14-22-10-11-23-20)24-13-17-7-3-6-16-5-1-2-9-19(16)17/h1-3,5-7,9-11,14,18H,4,8,12-13,15H2,(H,24,26)/t18-/m1/s1. The molecular formula is C21H22N4O. The number of benzene rings is 2. The van der Waals surface area contributed by atoms with E-state index in [1.807, 2.05) is 18.2 Å². The van der Waals surface area contributed by atoms with Gasteiger partial charge in [0.1, 0.15) is 5.82 Å². The van der Waals surface area contributed by atoms with E-state index in [1.165, 1.54) is 10.8 Å². The molecule has 1 saturated heterocycles. The molecule has 1 aromatic heterocycles. The van der Waals surface area contributed by atoms with E-state index in [0.29, 0.717) is 13.1 Å². The quantitative estimate of drug-likeness (QED) is 0.788. The summed E-state index contributed by atoms with van der Waals surface area (Å²) in [7, 11) is 0. The van der Waals surface area contributed by atoms with Gasteiger partial charge in [-0.1, -0.05) is 42.5 Å². The third kappa shape index (κ3) is 3.52. The van der Waals surface area contributed by atoms with Crippen LogP contribution in [-0.2, 0) is 11.3 Å². The minimum absolute atomic E-state index is 0.0132. The van der Waals surface area contributed by atoms with Gasteiger partial charge in [-0.25, -0.2) is 4.98 Å². The number of rotatable bonds is 4. The lowest BCUT2D eigenvalue weighted by Crippen LogP contribution is -2.43. The van der Waals surface area contributed by atoms with Gasteiger partial charge in [-0.05, 0) is 29.2 Å². The van der Waals surface area contributed by atoms with Crippen LogP contribution in [0.4, 0.5) is 5.82 Å². The summed E-state index contributed by atoms with van der Waals surface area (Å²) >= 11 is 0. The lowest BCUT2D eigenvalue weighted by atomic mass is 9.97. The molecule has 1 atom stereocenters. The first-order chi connectivity index (χ1) is 12.8. The monoisotopic (exact) mass is 346 g/mol. The first kappa shape index (κ1) is 16.5. The molecule has 0 bridgehead atoms. The molecule has 132 valence electrons. The van der Waals surface area contributed by atoms with Crippen LogP contribution < -0.4 is 10.2 Å². The lowest BCUT2D eigenvalue weighted by molar-refractivity contribution is -0.125. The van der Waals surface area contributed by atoms with Gasteiger partial charge in [0.05, 0.1) is 12.1 Å². The van der Waals surface area contributed by atoms with E-state index < -0.39 is 0 Å². The highest BCUT2D eigenvalue weighted by Crippen LogP contribution is 2.22. The number of carbonyl (C=O) groups excluding carboxylic acids is 1. The molecule has 4 rings (SSSR count). The van der Waals surface area contributed by atoms with Crippen LogP contribution in [0.2, 0.25) is 0 Å². The zero-order valence-electron chi connectivity index (χ0n) is 14.6. The van der Waals surface area contributed by atoms with Crippen LogP contribution in [0.15, 0.2) is 61.1 Å². The molecule has 5 nitrogen and oxygen atoms in total. The summed E-state index contributed by atoms with van der Waals surface area (Å²) in [6.07, 6.45) is 7.03. The van der Waals surface area contributed by atoms with E-state index in [0.717, 1.165) is 30.8 Å². The number of hydrogen-bond acceptors (Lipinski definition) is 4. The van der Waals surface area contributed by atoms with Gasteiger partial charge in [0, 0.05) is 32.0 Å². The number of piperidine rings is 1. The molecule has 0 saturated carbocycles. The Balaban J connectivity index is 1.41. The van der Waals surface area contributed by atoms with Gasteiger partial charge in [-0.3, -0.25) is 9.78 Å². The molecular weight excluding hydrogens is 324 g/mol. The number of fused-ring (bicyclic) bond motifs is 1. The van der Waals surface area contributed by atoms with Gasteiger partial charge >= 0.3 is 0 Å². The highest BCUT2D eigenvalue weighted by atomic mass is 16.1. The number of carbonyl (C=O) groups is 1. The largest absolute Gasteiger partial charge is 0.355 e. The Kier molecular flexibility index (Phi) is 4.78. The molecule has 0 aliphatic carbocycles. The Labute approximate surface area is 153 Å². The molecule has 2 aromatic carbocycles. The summed E-state index contributed by atoms with van der Waals surface area (Å²) < 4.78 is 0. The molecule has 3 aromatic rings. The Morgan fingerprint density at radius 2 is 2.04 bits per heavy atom. The molecule has 1 amide bonds. The summed E-state index contributed by atoms with van der Waals surface area (Å²) in [4.78, 5) is 23.3. The fourth-order valence-corrected chi connectivity index (χ4v) is 3.63. The summed E-state index contributed by atoms with van der Waals surface area (Å²) in [5, 5.41) is 5.53. The van der Waals surface area contributed by atoms with Crippen LogP contribution in [0.3, 0.4) is 0 Å². The van der Waals surface area contributed by atoms with E-state index in [9.17, 15) is 4.79 Å². The SMILES string of the molecule is O=C(NCc1cccc2ccccc12)[C@@H]1CCCN(c2cnccn2)C1. The number of amides is 1. The maximum atomic E-state index is 12.7. The van der Waals surface area contributed by atoms with Crippen LogP contribution in [0.5, 0.6) is 0 Å². The number of nitrogens with one attached hydrogen (secondary N) is 1. The zero-order chi connectivity index (χ0) is 17.8. The number of hydrogen-bond donors (Lipinski definition) is 1. The van der Waals surface area contributed by atoms with Crippen molar-refractivity contribution in [3.8, 4) is 0 Å². The van der Waals surface area contributed by atoms with E-state index >= 15 is 0 Å². The van der Waals surface area contributed by atoms with Crippen LogP contribution in [-0.4, -0.2) is 29.0 Å². The summed E-state index contributed by atoms with van der Waals surface area (Å²) in [5.41, 5.74) is 1.15. The minimum Gasteiger partial charge on any atom is -0.355 e. The lowest BCUT2D eigenvalue weighted by Gasteiger charge is -2.32. The van der Waals surface area contributed by atoms with Crippen molar-refractivity contribution >= 4 is 22.5 Å². The second kappa shape index (κ2) is 7.52. The second-order valence-electron chi connectivity index (χ2n) is 6.70.